The zero-order chi connectivity index (χ0) is 16.8. The summed E-state index contributed by atoms with van der Waals surface area (Å²) in [4.78, 5) is 23.3. The molecule has 1 amide bonds. The second kappa shape index (κ2) is 7.54. The highest BCUT2D eigenvalue weighted by Gasteiger charge is 2.07. The number of carbonyl (C=O) groups excluding carboxylic acids is 2. The lowest BCUT2D eigenvalue weighted by atomic mass is 10.1. The molecule has 1 N–H and O–H groups in total. The van der Waals surface area contributed by atoms with Crippen LogP contribution in [-0.4, -0.2) is 18.8 Å². The van der Waals surface area contributed by atoms with Crippen molar-refractivity contribution in [1.82, 2.24) is 0 Å². The molecule has 2 aromatic rings. The maximum absolute atomic E-state index is 13.6. The third-order valence-electron chi connectivity index (χ3n) is 3.41. The first-order chi connectivity index (χ1) is 11.0. The fourth-order valence-electron chi connectivity index (χ4n) is 2.16. The molecule has 0 atom stereocenters. The Kier molecular flexibility index (Phi) is 5.46. The van der Waals surface area contributed by atoms with E-state index in [0.29, 0.717) is 17.7 Å². The van der Waals surface area contributed by atoms with E-state index < -0.39 is 5.82 Å². The number of rotatable bonds is 6. The van der Waals surface area contributed by atoms with Crippen LogP contribution in [0.25, 0.3) is 0 Å². The van der Waals surface area contributed by atoms with E-state index in [4.69, 9.17) is 4.74 Å². The molecule has 0 saturated heterocycles. The van der Waals surface area contributed by atoms with Gasteiger partial charge in [0.05, 0.1) is 7.11 Å². The van der Waals surface area contributed by atoms with E-state index in [1.807, 2.05) is 0 Å². The zero-order valence-electron chi connectivity index (χ0n) is 13.1. The van der Waals surface area contributed by atoms with E-state index >= 15 is 0 Å². The minimum Gasteiger partial charge on any atom is -0.494 e. The van der Waals surface area contributed by atoms with Gasteiger partial charge in [-0.25, -0.2) is 4.39 Å². The van der Waals surface area contributed by atoms with E-state index in [9.17, 15) is 14.0 Å². The number of nitrogens with one attached hydrogen (secondary N) is 1. The smallest absolute Gasteiger partial charge is 0.224 e. The highest BCUT2D eigenvalue weighted by atomic mass is 19.1. The quantitative estimate of drug-likeness (QED) is 0.829. The second-order valence-electron chi connectivity index (χ2n) is 5.15. The Labute approximate surface area is 134 Å². The lowest BCUT2D eigenvalue weighted by Gasteiger charge is -2.07. The molecular weight excluding hydrogens is 297 g/mol. The first-order valence-corrected chi connectivity index (χ1v) is 7.23. The van der Waals surface area contributed by atoms with E-state index in [0.717, 1.165) is 5.56 Å². The van der Waals surface area contributed by atoms with Gasteiger partial charge in [-0.15, -0.1) is 0 Å². The standard InChI is InChI=1S/C18H18FNO3/c1-12(21)14-4-3-5-15(11-14)20-18(22)9-7-13-6-8-17(23-2)16(19)10-13/h3-6,8,10-11H,7,9H2,1-2H3,(H,20,22). The summed E-state index contributed by atoms with van der Waals surface area (Å²) in [6, 6.07) is 11.4. The average molecular weight is 315 g/mol. The maximum Gasteiger partial charge on any atom is 0.224 e. The van der Waals surface area contributed by atoms with Crippen molar-refractivity contribution < 1.29 is 18.7 Å². The molecule has 2 rings (SSSR count). The van der Waals surface area contributed by atoms with Gasteiger partial charge < -0.3 is 10.1 Å². The van der Waals surface area contributed by atoms with Crippen LogP contribution in [0.2, 0.25) is 0 Å². The van der Waals surface area contributed by atoms with Crippen LogP contribution >= 0.6 is 0 Å². The predicted molar refractivity (Wildman–Crippen MR) is 86.3 cm³/mol. The largest absolute Gasteiger partial charge is 0.494 e. The predicted octanol–water partition coefficient (Wildman–Crippen LogP) is 3.61. The number of aryl methyl sites for hydroxylation is 1. The van der Waals surface area contributed by atoms with Gasteiger partial charge in [-0.3, -0.25) is 9.59 Å². The van der Waals surface area contributed by atoms with Gasteiger partial charge in [-0.1, -0.05) is 18.2 Å². The Bertz CT molecular complexity index is 728. The van der Waals surface area contributed by atoms with Gasteiger partial charge in [-0.05, 0) is 43.2 Å². The highest BCUT2D eigenvalue weighted by molar-refractivity contribution is 5.97. The highest BCUT2D eigenvalue weighted by Crippen LogP contribution is 2.19. The van der Waals surface area contributed by atoms with Crippen LogP contribution < -0.4 is 10.1 Å². The molecule has 0 aliphatic rings. The molecule has 120 valence electrons. The Morgan fingerprint density at radius 1 is 1.17 bits per heavy atom. The van der Waals surface area contributed by atoms with Gasteiger partial charge in [0.25, 0.3) is 0 Å². The Balaban J connectivity index is 1.94. The van der Waals surface area contributed by atoms with Gasteiger partial charge in [0.1, 0.15) is 0 Å². The van der Waals surface area contributed by atoms with E-state index in [-0.39, 0.29) is 23.9 Å². The Morgan fingerprint density at radius 3 is 2.61 bits per heavy atom. The SMILES string of the molecule is COc1ccc(CCC(=O)Nc2cccc(C(C)=O)c2)cc1F. The zero-order valence-corrected chi connectivity index (χ0v) is 13.1. The van der Waals surface area contributed by atoms with Crippen LogP contribution in [0, 0.1) is 5.82 Å². The van der Waals surface area contributed by atoms with Crippen LogP contribution in [-0.2, 0) is 11.2 Å². The average Bonchev–Trinajstić information content (AvgIpc) is 2.53. The third-order valence-corrected chi connectivity index (χ3v) is 3.41. The van der Waals surface area contributed by atoms with Gasteiger partial charge in [0, 0.05) is 17.7 Å². The number of carbonyl (C=O) groups is 2. The number of methoxy groups -OCH3 is 1. The molecule has 0 fully saturated rings. The summed E-state index contributed by atoms with van der Waals surface area (Å²) >= 11 is 0. The van der Waals surface area contributed by atoms with Gasteiger partial charge in [-0.2, -0.15) is 0 Å². The van der Waals surface area contributed by atoms with Crippen LogP contribution in [0.1, 0.15) is 29.3 Å². The van der Waals surface area contributed by atoms with E-state index in [1.54, 1.807) is 36.4 Å². The number of Topliss-reactive ketones (excluding diaryl/α,β-unsaturated/α-hetero) is 1. The van der Waals surface area contributed by atoms with Crippen molar-refractivity contribution in [3.8, 4) is 5.75 Å². The topological polar surface area (TPSA) is 55.4 Å². The molecule has 0 aliphatic carbocycles. The van der Waals surface area contributed by atoms with Crippen LogP contribution in [0.5, 0.6) is 5.75 Å². The number of amides is 1. The van der Waals surface area contributed by atoms with Crippen LogP contribution in [0.3, 0.4) is 0 Å². The summed E-state index contributed by atoms with van der Waals surface area (Å²) < 4.78 is 18.4. The molecular formula is C18H18FNO3. The molecule has 0 aliphatic heterocycles. The van der Waals surface area contributed by atoms with Gasteiger partial charge >= 0.3 is 0 Å². The molecule has 0 spiro atoms. The first-order valence-electron chi connectivity index (χ1n) is 7.23. The summed E-state index contributed by atoms with van der Waals surface area (Å²) in [6.45, 7) is 1.47. The fraction of sp³-hybridized carbons (Fsp3) is 0.222. The van der Waals surface area contributed by atoms with Crippen molar-refractivity contribution in [1.29, 1.82) is 0 Å². The van der Waals surface area contributed by atoms with Crippen molar-refractivity contribution in [2.24, 2.45) is 0 Å². The molecule has 0 heterocycles. The second-order valence-corrected chi connectivity index (χ2v) is 5.15. The number of anilines is 1. The van der Waals surface area contributed by atoms with Gasteiger partial charge in [0.2, 0.25) is 5.91 Å². The van der Waals surface area contributed by atoms with Crippen molar-refractivity contribution in [2.45, 2.75) is 19.8 Å². The van der Waals surface area contributed by atoms with Gasteiger partial charge in [0.15, 0.2) is 17.3 Å². The minimum atomic E-state index is -0.445. The number of halogens is 1. The lowest BCUT2D eigenvalue weighted by Crippen LogP contribution is -2.12. The van der Waals surface area contributed by atoms with E-state index in [2.05, 4.69) is 5.32 Å². The fourth-order valence-corrected chi connectivity index (χ4v) is 2.16. The summed E-state index contributed by atoms with van der Waals surface area (Å²) in [5, 5.41) is 2.74. The van der Waals surface area contributed by atoms with Crippen LogP contribution in [0.15, 0.2) is 42.5 Å². The number of hydrogen-bond acceptors (Lipinski definition) is 3. The molecule has 0 bridgehead atoms. The van der Waals surface area contributed by atoms with Crippen LogP contribution in [0.4, 0.5) is 10.1 Å². The summed E-state index contributed by atoms with van der Waals surface area (Å²) in [5.41, 5.74) is 1.83. The number of benzene rings is 2. The first kappa shape index (κ1) is 16.7. The number of ketones is 1. The molecule has 0 saturated carbocycles. The van der Waals surface area contributed by atoms with E-state index in [1.165, 1.54) is 20.1 Å². The molecule has 4 nitrogen and oxygen atoms in total. The Morgan fingerprint density at radius 2 is 1.96 bits per heavy atom. The molecule has 0 aromatic heterocycles. The molecule has 0 unspecified atom stereocenters. The molecule has 5 heteroatoms. The summed E-state index contributed by atoms with van der Waals surface area (Å²) in [5.74, 6) is -0.518. The maximum atomic E-state index is 13.6. The molecule has 0 radical (unpaired) electrons. The summed E-state index contributed by atoms with van der Waals surface area (Å²) in [6.07, 6.45) is 0.634. The summed E-state index contributed by atoms with van der Waals surface area (Å²) in [7, 11) is 1.40. The van der Waals surface area contributed by atoms with Crippen molar-refractivity contribution in [3.05, 3.63) is 59.4 Å². The number of hydrogen-bond donors (Lipinski definition) is 1. The molecule has 2 aromatic carbocycles. The minimum absolute atomic E-state index is 0.0604. The van der Waals surface area contributed by atoms with Crippen molar-refractivity contribution in [2.75, 3.05) is 12.4 Å². The lowest BCUT2D eigenvalue weighted by molar-refractivity contribution is -0.116. The molecule has 23 heavy (non-hydrogen) atoms. The normalized spacial score (nSPS) is 10.2. The van der Waals surface area contributed by atoms with Crippen molar-refractivity contribution in [3.63, 3.8) is 0 Å². The Hall–Kier alpha value is -2.69. The third kappa shape index (κ3) is 4.64. The monoisotopic (exact) mass is 315 g/mol. The van der Waals surface area contributed by atoms with Crippen molar-refractivity contribution >= 4 is 17.4 Å². The number of ether oxygens (including phenoxy) is 1.